The number of halogens is 2. The van der Waals surface area contributed by atoms with Crippen molar-refractivity contribution < 1.29 is 4.79 Å². The number of nitrogens with one attached hydrogen (secondary N) is 2. The second-order valence-corrected chi connectivity index (χ2v) is 6.96. The standard InChI is InChI=1S/C19H24ClN3O.ClH/c1-13-10-18(19(24)22-12-15-4-3-9-21-11-15)14(2)23(13)17-7-5-16(20)6-8-17;/h5-8,10,15,21H,3-4,9,11-12H2,1-2H3,(H,22,24);1H. The fraction of sp³-hybridized carbons (Fsp3) is 0.421. The number of rotatable bonds is 4. The summed E-state index contributed by atoms with van der Waals surface area (Å²) in [5, 5.41) is 7.19. The molecule has 4 nitrogen and oxygen atoms in total. The molecule has 0 bridgehead atoms. The van der Waals surface area contributed by atoms with Gasteiger partial charge in [-0.1, -0.05) is 11.6 Å². The first-order valence-electron chi connectivity index (χ1n) is 8.50. The average molecular weight is 382 g/mol. The molecule has 2 heterocycles. The van der Waals surface area contributed by atoms with Gasteiger partial charge in [-0.2, -0.15) is 0 Å². The fourth-order valence-electron chi connectivity index (χ4n) is 3.41. The van der Waals surface area contributed by atoms with E-state index < -0.39 is 0 Å². The maximum Gasteiger partial charge on any atom is 0.253 e. The number of benzene rings is 1. The van der Waals surface area contributed by atoms with Crippen molar-refractivity contribution in [2.24, 2.45) is 5.92 Å². The van der Waals surface area contributed by atoms with E-state index in [2.05, 4.69) is 15.2 Å². The van der Waals surface area contributed by atoms with Crippen LogP contribution in [0.25, 0.3) is 5.69 Å². The summed E-state index contributed by atoms with van der Waals surface area (Å²) in [4.78, 5) is 12.6. The Morgan fingerprint density at radius 2 is 2.04 bits per heavy atom. The zero-order valence-corrected chi connectivity index (χ0v) is 16.2. The number of carbonyl (C=O) groups is 1. The number of carbonyl (C=O) groups excluding carboxylic acids is 1. The molecule has 1 saturated heterocycles. The van der Waals surface area contributed by atoms with Gasteiger partial charge in [0.05, 0.1) is 5.56 Å². The zero-order valence-electron chi connectivity index (χ0n) is 14.6. The molecule has 1 unspecified atom stereocenters. The number of aromatic nitrogens is 1. The van der Waals surface area contributed by atoms with Crippen molar-refractivity contribution in [3.63, 3.8) is 0 Å². The second-order valence-electron chi connectivity index (χ2n) is 6.52. The van der Waals surface area contributed by atoms with Gasteiger partial charge in [0.2, 0.25) is 0 Å². The number of piperidine rings is 1. The Balaban J connectivity index is 0.00000225. The van der Waals surface area contributed by atoms with Gasteiger partial charge in [-0.25, -0.2) is 0 Å². The summed E-state index contributed by atoms with van der Waals surface area (Å²) in [6, 6.07) is 9.63. The lowest BCUT2D eigenvalue weighted by molar-refractivity contribution is 0.0944. The number of hydrogen-bond acceptors (Lipinski definition) is 2. The molecule has 3 rings (SSSR count). The van der Waals surface area contributed by atoms with Crippen molar-refractivity contribution in [3.8, 4) is 5.69 Å². The SMILES string of the molecule is Cc1cc(C(=O)NCC2CCCNC2)c(C)n1-c1ccc(Cl)cc1.Cl. The van der Waals surface area contributed by atoms with E-state index in [0.29, 0.717) is 10.9 Å². The Bertz CT molecular complexity index is 719. The second kappa shape index (κ2) is 8.75. The monoisotopic (exact) mass is 381 g/mol. The number of amides is 1. The van der Waals surface area contributed by atoms with Crippen molar-refractivity contribution in [1.82, 2.24) is 15.2 Å². The summed E-state index contributed by atoms with van der Waals surface area (Å²) in [6.07, 6.45) is 2.36. The Kier molecular flexibility index (Phi) is 6.94. The van der Waals surface area contributed by atoms with Crippen molar-refractivity contribution in [2.75, 3.05) is 19.6 Å². The molecule has 0 spiro atoms. The maximum atomic E-state index is 12.6. The maximum absolute atomic E-state index is 12.6. The molecule has 0 saturated carbocycles. The summed E-state index contributed by atoms with van der Waals surface area (Å²) in [5.41, 5.74) is 3.75. The van der Waals surface area contributed by atoms with E-state index in [9.17, 15) is 4.79 Å². The lowest BCUT2D eigenvalue weighted by atomic mass is 10.00. The lowest BCUT2D eigenvalue weighted by Crippen LogP contribution is -2.38. The van der Waals surface area contributed by atoms with Crippen LogP contribution in [0.3, 0.4) is 0 Å². The Hall–Kier alpha value is -1.49. The molecule has 1 aliphatic rings. The molecule has 1 aromatic heterocycles. The first-order chi connectivity index (χ1) is 11.6. The lowest BCUT2D eigenvalue weighted by Gasteiger charge is -2.22. The van der Waals surface area contributed by atoms with Gasteiger partial charge in [0.1, 0.15) is 0 Å². The Morgan fingerprint density at radius 1 is 1.32 bits per heavy atom. The van der Waals surface area contributed by atoms with Gasteiger partial charge in [0.15, 0.2) is 0 Å². The molecule has 2 aromatic rings. The van der Waals surface area contributed by atoms with Gasteiger partial charge in [-0.3, -0.25) is 4.79 Å². The molecule has 136 valence electrons. The van der Waals surface area contributed by atoms with Crippen LogP contribution in [0.15, 0.2) is 30.3 Å². The molecule has 1 atom stereocenters. The largest absolute Gasteiger partial charge is 0.352 e. The first-order valence-corrected chi connectivity index (χ1v) is 8.88. The molecule has 1 aromatic carbocycles. The van der Waals surface area contributed by atoms with E-state index in [-0.39, 0.29) is 18.3 Å². The van der Waals surface area contributed by atoms with Crippen molar-refractivity contribution in [3.05, 3.63) is 52.3 Å². The van der Waals surface area contributed by atoms with Crippen molar-refractivity contribution >= 4 is 29.9 Å². The van der Waals surface area contributed by atoms with Crippen LogP contribution >= 0.6 is 24.0 Å². The minimum atomic E-state index is 0. The highest BCUT2D eigenvalue weighted by atomic mass is 35.5. The predicted molar refractivity (Wildman–Crippen MR) is 105 cm³/mol. The number of hydrogen-bond donors (Lipinski definition) is 2. The van der Waals surface area contributed by atoms with Gasteiger partial charge >= 0.3 is 0 Å². The summed E-state index contributed by atoms with van der Waals surface area (Å²) < 4.78 is 2.09. The van der Waals surface area contributed by atoms with Gasteiger partial charge in [-0.05, 0) is 76.0 Å². The highest BCUT2D eigenvalue weighted by Gasteiger charge is 2.19. The smallest absolute Gasteiger partial charge is 0.253 e. The first kappa shape index (κ1) is 19.8. The van der Waals surface area contributed by atoms with Crippen molar-refractivity contribution in [1.29, 1.82) is 0 Å². The summed E-state index contributed by atoms with van der Waals surface area (Å²) in [6.45, 7) is 6.81. The van der Waals surface area contributed by atoms with Crippen molar-refractivity contribution in [2.45, 2.75) is 26.7 Å². The van der Waals surface area contributed by atoms with Crippen LogP contribution < -0.4 is 10.6 Å². The van der Waals surface area contributed by atoms with Crippen LogP contribution in [0.2, 0.25) is 5.02 Å². The van der Waals surface area contributed by atoms with Crippen LogP contribution in [0.5, 0.6) is 0 Å². The molecule has 1 amide bonds. The molecule has 2 N–H and O–H groups in total. The van der Waals surface area contributed by atoms with Crippen LogP contribution in [0.1, 0.15) is 34.6 Å². The van der Waals surface area contributed by atoms with Gasteiger partial charge in [0.25, 0.3) is 5.91 Å². The zero-order chi connectivity index (χ0) is 17.1. The fourth-order valence-corrected chi connectivity index (χ4v) is 3.54. The Morgan fingerprint density at radius 3 is 2.68 bits per heavy atom. The van der Waals surface area contributed by atoms with E-state index in [1.807, 2.05) is 44.2 Å². The number of aryl methyl sites for hydroxylation is 1. The third-order valence-electron chi connectivity index (χ3n) is 4.71. The third kappa shape index (κ3) is 4.57. The van der Waals surface area contributed by atoms with E-state index >= 15 is 0 Å². The topological polar surface area (TPSA) is 46.1 Å². The van der Waals surface area contributed by atoms with Gasteiger partial charge in [0, 0.05) is 28.6 Å². The number of nitrogens with zero attached hydrogens (tertiary/aromatic N) is 1. The average Bonchev–Trinajstić information content (AvgIpc) is 2.89. The quantitative estimate of drug-likeness (QED) is 0.843. The van der Waals surface area contributed by atoms with Gasteiger partial charge in [-0.15, -0.1) is 12.4 Å². The van der Waals surface area contributed by atoms with Crippen LogP contribution in [-0.4, -0.2) is 30.1 Å². The summed E-state index contributed by atoms with van der Waals surface area (Å²) in [7, 11) is 0. The minimum absolute atomic E-state index is 0. The molecule has 25 heavy (non-hydrogen) atoms. The molecule has 1 fully saturated rings. The highest BCUT2D eigenvalue weighted by Crippen LogP contribution is 2.22. The van der Waals surface area contributed by atoms with Crippen LogP contribution in [0.4, 0.5) is 0 Å². The van der Waals surface area contributed by atoms with E-state index in [1.54, 1.807) is 0 Å². The van der Waals surface area contributed by atoms with Crippen LogP contribution in [-0.2, 0) is 0 Å². The summed E-state index contributed by atoms with van der Waals surface area (Å²) in [5.74, 6) is 0.538. The Labute approximate surface area is 160 Å². The molecule has 0 aliphatic carbocycles. The molecule has 6 heteroatoms. The van der Waals surface area contributed by atoms with E-state index in [0.717, 1.165) is 42.3 Å². The van der Waals surface area contributed by atoms with E-state index in [1.165, 1.54) is 12.8 Å². The molecule has 0 radical (unpaired) electrons. The van der Waals surface area contributed by atoms with E-state index in [4.69, 9.17) is 11.6 Å². The highest BCUT2D eigenvalue weighted by molar-refractivity contribution is 6.30. The minimum Gasteiger partial charge on any atom is -0.352 e. The summed E-state index contributed by atoms with van der Waals surface area (Å²) >= 11 is 5.97. The predicted octanol–water partition coefficient (Wildman–Crippen LogP) is 3.90. The van der Waals surface area contributed by atoms with Gasteiger partial charge < -0.3 is 15.2 Å². The molecular formula is C19H25Cl2N3O. The normalized spacial score (nSPS) is 17.0. The molecular weight excluding hydrogens is 357 g/mol. The third-order valence-corrected chi connectivity index (χ3v) is 4.96. The van der Waals surface area contributed by atoms with Crippen LogP contribution in [0, 0.1) is 19.8 Å². The molecule has 1 aliphatic heterocycles.